The van der Waals surface area contributed by atoms with Crippen molar-refractivity contribution in [3.8, 4) is 16.4 Å². The summed E-state index contributed by atoms with van der Waals surface area (Å²) >= 11 is 2.53. The number of carbonyl (C=O) groups excluding carboxylic acids is 1. The Balaban J connectivity index is 1.81. The summed E-state index contributed by atoms with van der Waals surface area (Å²) in [6, 6.07) is 13.1. The molecule has 0 saturated heterocycles. The maximum absolute atomic E-state index is 12.2. The molecule has 0 fully saturated rings. The quantitative estimate of drug-likeness (QED) is 0.643. The molecular weight excluding hydrogens is 385 g/mol. The second kappa shape index (κ2) is 7.92. The second-order valence-electron chi connectivity index (χ2n) is 5.14. The maximum atomic E-state index is 12.2. The first kappa shape index (κ1) is 18.5. The van der Waals surface area contributed by atoms with Crippen molar-refractivity contribution in [1.82, 2.24) is 20.1 Å². The molecule has 0 aliphatic heterocycles. The highest BCUT2D eigenvalue weighted by Gasteiger charge is 2.27. The van der Waals surface area contributed by atoms with Crippen LogP contribution in [-0.2, 0) is 4.79 Å². The van der Waals surface area contributed by atoms with Crippen LogP contribution < -0.4 is 5.32 Å². The molecule has 0 saturated carbocycles. The average molecular weight is 398 g/mol. The number of carbonyl (C=O) groups is 1. The number of nitrogens with one attached hydrogen (secondary N) is 1. The zero-order valence-electron chi connectivity index (χ0n) is 13.2. The van der Waals surface area contributed by atoms with Crippen molar-refractivity contribution < 1.29 is 18.0 Å². The van der Waals surface area contributed by atoms with Gasteiger partial charge in [0.15, 0.2) is 11.0 Å². The van der Waals surface area contributed by atoms with Crippen molar-refractivity contribution >= 4 is 29.0 Å². The summed E-state index contributed by atoms with van der Waals surface area (Å²) in [5, 5.41) is 12.5. The number of aromatic nitrogens is 3. The number of thioether (sulfide) groups is 1. The summed E-state index contributed by atoms with van der Waals surface area (Å²) in [4.78, 5) is 12.6. The summed E-state index contributed by atoms with van der Waals surface area (Å²) in [6.07, 6.45) is -4.43. The van der Waals surface area contributed by atoms with E-state index >= 15 is 0 Å². The zero-order chi connectivity index (χ0) is 18.6. The molecule has 3 aromatic rings. The van der Waals surface area contributed by atoms with Crippen molar-refractivity contribution in [3.05, 3.63) is 47.8 Å². The predicted molar refractivity (Wildman–Crippen MR) is 94.5 cm³/mol. The van der Waals surface area contributed by atoms with Gasteiger partial charge in [-0.3, -0.25) is 9.36 Å². The molecule has 1 amide bonds. The summed E-state index contributed by atoms with van der Waals surface area (Å²) < 4.78 is 38.3. The highest BCUT2D eigenvalue weighted by molar-refractivity contribution is 7.99. The van der Waals surface area contributed by atoms with Crippen LogP contribution in [0.3, 0.4) is 0 Å². The molecule has 3 rings (SSSR count). The molecule has 10 heteroatoms. The molecule has 0 bridgehead atoms. The monoisotopic (exact) mass is 398 g/mol. The molecule has 2 heterocycles. The Hall–Kier alpha value is -2.33. The van der Waals surface area contributed by atoms with Crippen molar-refractivity contribution in [1.29, 1.82) is 0 Å². The molecule has 2 aromatic heterocycles. The minimum absolute atomic E-state index is 0.189. The number of rotatable bonds is 6. The lowest BCUT2D eigenvalue weighted by Gasteiger charge is -2.10. The molecule has 0 atom stereocenters. The molecule has 0 aliphatic rings. The number of hydrogen-bond acceptors (Lipinski definition) is 5. The first-order valence-electron chi connectivity index (χ1n) is 7.45. The van der Waals surface area contributed by atoms with E-state index in [9.17, 15) is 18.0 Å². The van der Waals surface area contributed by atoms with Crippen LogP contribution in [0.15, 0.2) is 53.0 Å². The van der Waals surface area contributed by atoms with Gasteiger partial charge in [-0.1, -0.05) is 36.0 Å². The van der Waals surface area contributed by atoms with Crippen LogP contribution in [-0.4, -0.2) is 39.1 Å². The predicted octanol–water partition coefficient (Wildman–Crippen LogP) is 3.77. The van der Waals surface area contributed by atoms with Gasteiger partial charge in [0.1, 0.15) is 6.54 Å². The van der Waals surface area contributed by atoms with Gasteiger partial charge in [0.25, 0.3) is 0 Å². The molecule has 0 aliphatic carbocycles. The molecule has 5 nitrogen and oxygen atoms in total. The highest BCUT2D eigenvalue weighted by Crippen LogP contribution is 2.30. The average Bonchev–Trinajstić information content (AvgIpc) is 3.27. The van der Waals surface area contributed by atoms with Gasteiger partial charge in [-0.15, -0.1) is 21.5 Å². The van der Waals surface area contributed by atoms with Crippen LogP contribution in [0.25, 0.3) is 16.4 Å². The third-order valence-corrected chi connectivity index (χ3v) is 5.00. The zero-order valence-corrected chi connectivity index (χ0v) is 14.9. The van der Waals surface area contributed by atoms with Crippen LogP contribution in [0.5, 0.6) is 0 Å². The van der Waals surface area contributed by atoms with E-state index in [1.54, 1.807) is 4.57 Å². The minimum atomic E-state index is -4.43. The van der Waals surface area contributed by atoms with E-state index in [-0.39, 0.29) is 5.75 Å². The van der Waals surface area contributed by atoms with Gasteiger partial charge in [0.2, 0.25) is 5.91 Å². The molecule has 0 unspecified atom stereocenters. The lowest BCUT2D eigenvalue weighted by Crippen LogP contribution is -2.34. The first-order chi connectivity index (χ1) is 12.4. The number of halogens is 3. The van der Waals surface area contributed by atoms with Crippen LogP contribution in [0.2, 0.25) is 0 Å². The third kappa shape index (κ3) is 4.64. The SMILES string of the molecule is O=C(CSc1nnc(-c2cccs2)n1-c1ccccc1)NCC(F)(F)F. The number of para-hydroxylation sites is 1. The van der Waals surface area contributed by atoms with Crippen molar-refractivity contribution in [3.63, 3.8) is 0 Å². The lowest BCUT2D eigenvalue weighted by atomic mass is 10.3. The number of thiophene rings is 1. The minimum Gasteiger partial charge on any atom is -0.346 e. The standard InChI is InChI=1S/C16H13F3N4OS2/c17-16(18,19)10-20-13(24)9-26-15-22-21-14(12-7-4-8-25-12)23(15)11-5-2-1-3-6-11/h1-8H,9-10H2,(H,20,24). The van der Waals surface area contributed by atoms with Crippen molar-refractivity contribution in [2.24, 2.45) is 0 Å². The second-order valence-corrected chi connectivity index (χ2v) is 7.03. The van der Waals surface area contributed by atoms with E-state index in [1.165, 1.54) is 11.3 Å². The van der Waals surface area contributed by atoms with Gasteiger partial charge in [0, 0.05) is 5.69 Å². The Morgan fingerprint density at radius 2 is 1.92 bits per heavy atom. The largest absolute Gasteiger partial charge is 0.405 e. The molecule has 136 valence electrons. The molecule has 0 spiro atoms. The topological polar surface area (TPSA) is 59.8 Å². The summed E-state index contributed by atoms with van der Waals surface area (Å²) in [7, 11) is 0. The van der Waals surface area contributed by atoms with Crippen LogP contribution in [0.1, 0.15) is 0 Å². The Morgan fingerprint density at radius 1 is 1.15 bits per heavy atom. The van der Waals surface area contributed by atoms with Gasteiger partial charge in [-0.25, -0.2) is 0 Å². The van der Waals surface area contributed by atoms with E-state index in [0.29, 0.717) is 11.0 Å². The van der Waals surface area contributed by atoms with Crippen LogP contribution in [0.4, 0.5) is 13.2 Å². The van der Waals surface area contributed by atoms with Gasteiger partial charge >= 0.3 is 6.18 Å². The summed E-state index contributed by atoms with van der Waals surface area (Å²) in [5.41, 5.74) is 0.805. The smallest absolute Gasteiger partial charge is 0.346 e. The molecule has 0 radical (unpaired) electrons. The molecule has 26 heavy (non-hydrogen) atoms. The van der Waals surface area contributed by atoms with E-state index in [1.807, 2.05) is 53.2 Å². The van der Waals surface area contributed by atoms with Gasteiger partial charge in [-0.05, 0) is 23.6 Å². The van der Waals surface area contributed by atoms with Crippen molar-refractivity contribution in [2.75, 3.05) is 12.3 Å². The number of hydrogen-bond donors (Lipinski definition) is 1. The van der Waals surface area contributed by atoms with E-state index < -0.39 is 18.6 Å². The third-order valence-electron chi connectivity index (χ3n) is 3.21. The Bertz CT molecular complexity index is 864. The Morgan fingerprint density at radius 3 is 2.58 bits per heavy atom. The maximum Gasteiger partial charge on any atom is 0.405 e. The van der Waals surface area contributed by atoms with Crippen LogP contribution in [0, 0.1) is 0 Å². The summed E-state index contributed by atoms with van der Waals surface area (Å²) in [6.45, 7) is -1.35. The van der Waals surface area contributed by atoms with E-state index in [2.05, 4.69) is 10.2 Å². The fourth-order valence-corrected chi connectivity index (χ4v) is 3.60. The number of alkyl halides is 3. The summed E-state index contributed by atoms with van der Waals surface area (Å²) in [5.74, 6) is -0.289. The highest BCUT2D eigenvalue weighted by atomic mass is 32.2. The lowest BCUT2D eigenvalue weighted by molar-refractivity contribution is -0.136. The van der Waals surface area contributed by atoms with E-state index in [0.717, 1.165) is 22.3 Å². The van der Waals surface area contributed by atoms with Gasteiger partial charge in [-0.2, -0.15) is 13.2 Å². The van der Waals surface area contributed by atoms with Crippen molar-refractivity contribution in [2.45, 2.75) is 11.3 Å². The Kier molecular flexibility index (Phi) is 5.62. The number of benzene rings is 1. The molecular formula is C16H13F3N4OS2. The Labute approximate surface area is 155 Å². The molecule has 1 N–H and O–H groups in total. The van der Waals surface area contributed by atoms with E-state index in [4.69, 9.17) is 0 Å². The first-order valence-corrected chi connectivity index (χ1v) is 9.31. The number of amides is 1. The number of nitrogens with zero attached hydrogens (tertiary/aromatic N) is 3. The normalized spacial score (nSPS) is 11.5. The van der Waals surface area contributed by atoms with Gasteiger partial charge < -0.3 is 5.32 Å². The fraction of sp³-hybridized carbons (Fsp3) is 0.188. The molecule has 1 aromatic carbocycles. The van der Waals surface area contributed by atoms with Gasteiger partial charge in [0.05, 0.1) is 10.6 Å². The fourth-order valence-electron chi connectivity index (χ4n) is 2.12. The van der Waals surface area contributed by atoms with Crippen LogP contribution >= 0.6 is 23.1 Å².